The number of carbonyl (C=O) groups is 3. The molecule has 2 amide bonds. The molecule has 0 radical (unpaired) electrons. The van der Waals surface area contributed by atoms with Crippen molar-refractivity contribution in [1.82, 2.24) is 19.9 Å². The van der Waals surface area contributed by atoms with Gasteiger partial charge in [0, 0.05) is 30.0 Å². The van der Waals surface area contributed by atoms with Crippen LogP contribution in [-0.2, 0) is 15.1 Å². The van der Waals surface area contributed by atoms with Gasteiger partial charge in [0.15, 0.2) is 5.78 Å². The van der Waals surface area contributed by atoms with Gasteiger partial charge < -0.3 is 9.88 Å². The van der Waals surface area contributed by atoms with Crippen molar-refractivity contribution in [1.29, 1.82) is 0 Å². The molecule has 0 aromatic carbocycles. The van der Waals surface area contributed by atoms with Crippen molar-refractivity contribution in [3.05, 3.63) is 18.0 Å². The molecule has 8 heteroatoms. The number of aromatic nitrogens is 3. The standard InChI is InChI=1S/C20H23N5O3/c26-15-6-9-20(7-2-1-3-8-20)25-14(15)10-12-11-21-19(24-17(12)25)22-13-4-5-16(27)23-18(13)28/h10-11,13H,1-9H2,(H,21,22,24)(H,23,27,28). The van der Waals surface area contributed by atoms with Gasteiger partial charge >= 0.3 is 0 Å². The molecule has 2 fully saturated rings. The maximum Gasteiger partial charge on any atom is 0.249 e. The van der Waals surface area contributed by atoms with Crippen LogP contribution in [0.4, 0.5) is 5.95 Å². The summed E-state index contributed by atoms with van der Waals surface area (Å²) in [7, 11) is 0. The van der Waals surface area contributed by atoms with E-state index in [4.69, 9.17) is 4.98 Å². The van der Waals surface area contributed by atoms with Crippen LogP contribution in [-0.4, -0.2) is 38.2 Å². The third-order valence-corrected chi connectivity index (χ3v) is 6.45. The van der Waals surface area contributed by atoms with Crippen LogP contribution in [0.15, 0.2) is 12.3 Å². The maximum atomic E-state index is 12.6. The van der Waals surface area contributed by atoms with Crippen molar-refractivity contribution >= 4 is 34.6 Å². The number of carbonyl (C=O) groups excluding carboxylic acids is 3. The fraction of sp³-hybridized carbons (Fsp3) is 0.550. The van der Waals surface area contributed by atoms with Crippen LogP contribution in [0, 0.1) is 0 Å². The molecule has 2 aliphatic heterocycles. The van der Waals surface area contributed by atoms with Crippen LogP contribution < -0.4 is 10.6 Å². The van der Waals surface area contributed by atoms with E-state index in [9.17, 15) is 14.4 Å². The average molecular weight is 381 g/mol. The summed E-state index contributed by atoms with van der Waals surface area (Å²) in [6.45, 7) is 0. The van der Waals surface area contributed by atoms with Crippen molar-refractivity contribution in [2.24, 2.45) is 0 Å². The van der Waals surface area contributed by atoms with Gasteiger partial charge in [-0.15, -0.1) is 0 Å². The first-order valence-corrected chi connectivity index (χ1v) is 10.1. The van der Waals surface area contributed by atoms with E-state index in [2.05, 4.69) is 20.2 Å². The van der Waals surface area contributed by atoms with Crippen LogP contribution in [0.1, 0.15) is 68.3 Å². The molecule has 146 valence electrons. The number of nitrogens with one attached hydrogen (secondary N) is 2. The van der Waals surface area contributed by atoms with Crippen LogP contribution in [0.25, 0.3) is 11.0 Å². The van der Waals surface area contributed by atoms with E-state index in [1.165, 1.54) is 19.3 Å². The molecule has 1 atom stereocenters. The third-order valence-electron chi connectivity index (χ3n) is 6.45. The van der Waals surface area contributed by atoms with Gasteiger partial charge in [-0.3, -0.25) is 19.7 Å². The van der Waals surface area contributed by atoms with Gasteiger partial charge in [0.2, 0.25) is 17.8 Å². The molecule has 4 heterocycles. The first kappa shape index (κ1) is 17.3. The molecule has 0 bridgehead atoms. The molecular formula is C20H23N5O3. The minimum Gasteiger partial charge on any atom is -0.342 e. The van der Waals surface area contributed by atoms with Crippen LogP contribution in [0.5, 0.6) is 0 Å². The van der Waals surface area contributed by atoms with E-state index < -0.39 is 6.04 Å². The lowest BCUT2D eigenvalue weighted by molar-refractivity contribution is -0.133. The topological polar surface area (TPSA) is 106 Å². The predicted molar refractivity (Wildman–Crippen MR) is 102 cm³/mol. The molecule has 2 aromatic heterocycles. The molecule has 1 spiro atoms. The summed E-state index contributed by atoms with van der Waals surface area (Å²) in [6.07, 6.45) is 9.58. The van der Waals surface area contributed by atoms with E-state index in [0.717, 1.165) is 36.0 Å². The number of ketones is 1. The van der Waals surface area contributed by atoms with Crippen molar-refractivity contribution in [2.45, 2.75) is 69.4 Å². The molecule has 3 aliphatic rings. The van der Waals surface area contributed by atoms with Crippen LogP contribution in [0.2, 0.25) is 0 Å². The minimum absolute atomic E-state index is 0.0382. The minimum atomic E-state index is -0.531. The summed E-state index contributed by atoms with van der Waals surface area (Å²) in [6, 6.07) is 1.37. The number of amides is 2. The summed E-state index contributed by atoms with van der Waals surface area (Å²) < 4.78 is 2.16. The number of hydrogen-bond donors (Lipinski definition) is 2. The van der Waals surface area contributed by atoms with Gasteiger partial charge in [0.25, 0.3) is 0 Å². The second-order valence-electron chi connectivity index (χ2n) is 8.19. The highest BCUT2D eigenvalue weighted by molar-refractivity contribution is 6.02. The van der Waals surface area contributed by atoms with Gasteiger partial charge in [-0.1, -0.05) is 19.3 Å². The quantitative estimate of drug-likeness (QED) is 0.773. The first-order valence-electron chi connectivity index (χ1n) is 10.1. The van der Waals surface area contributed by atoms with Crippen LogP contribution >= 0.6 is 0 Å². The zero-order chi connectivity index (χ0) is 19.3. The lowest BCUT2D eigenvalue weighted by Gasteiger charge is -2.42. The summed E-state index contributed by atoms with van der Waals surface area (Å²) in [4.78, 5) is 45.0. The SMILES string of the molecule is O=C1CCC(Nc2ncc3cc4n(c3n2)C2(CCCCC2)CCC4=O)C(=O)N1. The molecule has 1 aliphatic carbocycles. The van der Waals surface area contributed by atoms with Crippen molar-refractivity contribution in [3.8, 4) is 0 Å². The Morgan fingerprint density at radius 2 is 1.93 bits per heavy atom. The average Bonchev–Trinajstić information content (AvgIpc) is 3.09. The maximum absolute atomic E-state index is 12.6. The Hall–Kier alpha value is -2.77. The Morgan fingerprint density at radius 3 is 2.71 bits per heavy atom. The third kappa shape index (κ3) is 2.70. The van der Waals surface area contributed by atoms with E-state index in [1.54, 1.807) is 6.20 Å². The Balaban J connectivity index is 1.55. The van der Waals surface area contributed by atoms with Gasteiger partial charge in [-0.05, 0) is 31.7 Å². The fourth-order valence-corrected chi connectivity index (χ4v) is 5.00. The highest BCUT2D eigenvalue weighted by Crippen LogP contribution is 2.45. The zero-order valence-electron chi connectivity index (χ0n) is 15.7. The molecule has 8 nitrogen and oxygen atoms in total. The Morgan fingerprint density at radius 1 is 1.11 bits per heavy atom. The van der Waals surface area contributed by atoms with Crippen LogP contribution in [0.3, 0.4) is 0 Å². The van der Waals surface area contributed by atoms with E-state index in [1.807, 2.05) is 6.07 Å². The number of hydrogen-bond acceptors (Lipinski definition) is 6. The molecular weight excluding hydrogens is 358 g/mol. The second kappa shape index (κ2) is 6.39. The molecule has 1 unspecified atom stereocenters. The summed E-state index contributed by atoms with van der Waals surface area (Å²) in [5.41, 5.74) is 1.45. The number of nitrogens with zero attached hydrogens (tertiary/aromatic N) is 3. The largest absolute Gasteiger partial charge is 0.342 e. The summed E-state index contributed by atoms with van der Waals surface area (Å²) in [5, 5.41) is 6.25. The molecule has 28 heavy (non-hydrogen) atoms. The van der Waals surface area contributed by atoms with Crippen molar-refractivity contribution in [3.63, 3.8) is 0 Å². The fourth-order valence-electron chi connectivity index (χ4n) is 5.00. The zero-order valence-corrected chi connectivity index (χ0v) is 15.7. The summed E-state index contributed by atoms with van der Waals surface area (Å²) >= 11 is 0. The van der Waals surface area contributed by atoms with Gasteiger partial charge in [0.1, 0.15) is 11.7 Å². The molecule has 1 saturated carbocycles. The molecule has 2 N–H and O–H groups in total. The van der Waals surface area contributed by atoms with E-state index in [0.29, 0.717) is 25.2 Å². The number of piperidine rings is 1. The Bertz CT molecular complexity index is 989. The van der Waals surface area contributed by atoms with E-state index in [-0.39, 0.29) is 23.1 Å². The number of rotatable bonds is 2. The first-order chi connectivity index (χ1) is 13.6. The lowest BCUT2D eigenvalue weighted by atomic mass is 9.75. The molecule has 1 saturated heterocycles. The number of anilines is 1. The van der Waals surface area contributed by atoms with Gasteiger partial charge in [-0.2, -0.15) is 4.98 Å². The van der Waals surface area contributed by atoms with E-state index >= 15 is 0 Å². The van der Waals surface area contributed by atoms with Gasteiger partial charge in [0.05, 0.1) is 5.69 Å². The highest BCUT2D eigenvalue weighted by atomic mass is 16.2. The Kier molecular flexibility index (Phi) is 3.96. The molecule has 5 rings (SSSR count). The predicted octanol–water partition coefficient (Wildman–Crippen LogP) is 2.28. The number of imide groups is 1. The van der Waals surface area contributed by atoms with Crippen molar-refractivity contribution in [2.75, 3.05) is 5.32 Å². The monoisotopic (exact) mass is 381 g/mol. The number of Topliss-reactive ketones (excluding diaryl/α,β-unsaturated/α-hetero) is 1. The number of fused-ring (bicyclic) bond motifs is 4. The second-order valence-corrected chi connectivity index (χ2v) is 8.19. The smallest absolute Gasteiger partial charge is 0.249 e. The summed E-state index contributed by atoms with van der Waals surface area (Å²) in [5.74, 6) is -0.0883. The normalized spacial score (nSPS) is 24.3. The highest BCUT2D eigenvalue weighted by Gasteiger charge is 2.41. The Labute approximate surface area is 162 Å². The molecule has 2 aromatic rings. The van der Waals surface area contributed by atoms with Gasteiger partial charge in [-0.25, -0.2) is 4.98 Å². The lowest BCUT2D eigenvalue weighted by Crippen LogP contribution is -2.47. The van der Waals surface area contributed by atoms with Crippen molar-refractivity contribution < 1.29 is 14.4 Å².